The van der Waals surface area contributed by atoms with Crippen molar-refractivity contribution in [3.8, 4) is 5.75 Å². The van der Waals surface area contributed by atoms with E-state index in [1.807, 2.05) is 6.07 Å². The average molecular weight is 175 g/mol. The summed E-state index contributed by atoms with van der Waals surface area (Å²) in [6.45, 7) is 0. The number of methoxy groups -OCH3 is 1. The lowest BCUT2D eigenvalue weighted by Gasteiger charge is -2.01. The summed E-state index contributed by atoms with van der Waals surface area (Å²) in [6.07, 6.45) is 0. The van der Waals surface area contributed by atoms with Crippen LogP contribution in [-0.2, 0) is 0 Å². The third kappa shape index (κ3) is 1.35. The third-order valence-electron chi connectivity index (χ3n) is 1.95. The molecule has 0 aliphatic carbocycles. The van der Waals surface area contributed by atoms with E-state index >= 15 is 0 Å². The SMILES string of the molecule is COc1[c]cc2c(F)cccc2c1. The lowest BCUT2D eigenvalue weighted by atomic mass is 10.1. The number of ether oxygens (including phenoxy) is 1. The maximum atomic E-state index is 13.2. The molecule has 0 heterocycles. The maximum Gasteiger partial charge on any atom is 0.131 e. The Balaban J connectivity index is 2.72. The fourth-order valence-corrected chi connectivity index (χ4v) is 1.28. The highest BCUT2D eigenvalue weighted by atomic mass is 19.1. The van der Waals surface area contributed by atoms with Crippen molar-refractivity contribution in [2.75, 3.05) is 7.11 Å². The lowest BCUT2D eigenvalue weighted by molar-refractivity contribution is 0.414. The van der Waals surface area contributed by atoms with Crippen LogP contribution in [-0.4, -0.2) is 7.11 Å². The predicted molar refractivity (Wildman–Crippen MR) is 49.3 cm³/mol. The number of hydrogen-bond donors (Lipinski definition) is 0. The summed E-state index contributed by atoms with van der Waals surface area (Å²) < 4.78 is 18.1. The van der Waals surface area contributed by atoms with Gasteiger partial charge in [-0.2, -0.15) is 0 Å². The molecule has 0 saturated heterocycles. The molecule has 0 bridgehead atoms. The molecule has 2 heteroatoms. The van der Waals surface area contributed by atoms with Crippen molar-refractivity contribution in [3.63, 3.8) is 0 Å². The number of halogens is 1. The Morgan fingerprint density at radius 3 is 3.00 bits per heavy atom. The molecule has 2 rings (SSSR count). The highest BCUT2D eigenvalue weighted by Gasteiger charge is 2.00. The molecule has 0 aliphatic heterocycles. The summed E-state index contributed by atoms with van der Waals surface area (Å²) in [5.74, 6) is 0.398. The van der Waals surface area contributed by atoms with Gasteiger partial charge in [0.2, 0.25) is 0 Å². The van der Waals surface area contributed by atoms with E-state index < -0.39 is 0 Å². The van der Waals surface area contributed by atoms with Crippen molar-refractivity contribution >= 4 is 10.8 Å². The van der Waals surface area contributed by atoms with Gasteiger partial charge in [0.15, 0.2) is 0 Å². The quantitative estimate of drug-likeness (QED) is 0.647. The molecule has 2 aromatic rings. The Kier molecular flexibility index (Phi) is 1.89. The van der Waals surface area contributed by atoms with Gasteiger partial charge < -0.3 is 4.74 Å². The van der Waals surface area contributed by atoms with Crippen LogP contribution in [0.15, 0.2) is 30.3 Å². The van der Waals surface area contributed by atoms with Crippen molar-refractivity contribution in [2.24, 2.45) is 0 Å². The molecule has 0 aliphatic rings. The van der Waals surface area contributed by atoms with Gasteiger partial charge >= 0.3 is 0 Å². The highest BCUT2D eigenvalue weighted by Crippen LogP contribution is 2.21. The molecule has 0 fully saturated rings. The largest absolute Gasteiger partial charge is 0.496 e. The minimum Gasteiger partial charge on any atom is -0.496 e. The van der Waals surface area contributed by atoms with E-state index in [-0.39, 0.29) is 5.82 Å². The van der Waals surface area contributed by atoms with Crippen molar-refractivity contribution in [1.29, 1.82) is 0 Å². The van der Waals surface area contributed by atoms with Crippen LogP contribution in [0.25, 0.3) is 10.8 Å². The Hall–Kier alpha value is -1.57. The number of fused-ring (bicyclic) bond motifs is 1. The molecule has 13 heavy (non-hydrogen) atoms. The van der Waals surface area contributed by atoms with Crippen LogP contribution in [0.1, 0.15) is 0 Å². The zero-order chi connectivity index (χ0) is 9.26. The van der Waals surface area contributed by atoms with E-state index in [4.69, 9.17) is 4.74 Å². The van der Waals surface area contributed by atoms with Crippen LogP contribution in [0, 0.1) is 11.9 Å². The minimum absolute atomic E-state index is 0.226. The minimum atomic E-state index is -0.226. The molecule has 0 aromatic heterocycles. The van der Waals surface area contributed by atoms with Crippen LogP contribution < -0.4 is 4.74 Å². The molecular weight excluding hydrogens is 167 g/mol. The van der Waals surface area contributed by atoms with Crippen LogP contribution in [0.4, 0.5) is 4.39 Å². The van der Waals surface area contributed by atoms with Crippen LogP contribution >= 0.6 is 0 Å². The standard InChI is InChI=1S/C11H8FO/c1-13-9-5-6-10-8(7-9)3-2-4-11(10)12/h2-4,6-7H,1H3. The van der Waals surface area contributed by atoms with Crippen molar-refractivity contribution in [1.82, 2.24) is 0 Å². The van der Waals surface area contributed by atoms with Crippen LogP contribution in [0.3, 0.4) is 0 Å². The molecule has 2 aromatic carbocycles. The zero-order valence-electron chi connectivity index (χ0n) is 7.17. The van der Waals surface area contributed by atoms with Crippen LogP contribution in [0.2, 0.25) is 0 Å². The molecule has 1 radical (unpaired) electrons. The average Bonchev–Trinajstić information content (AvgIpc) is 2.18. The van der Waals surface area contributed by atoms with Crippen LogP contribution in [0.5, 0.6) is 5.75 Å². The van der Waals surface area contributed by atoms with Gasteiger partial charge in [-0.15, -0.1) is 0 Å². The molecule has 0 atom stereocenters. The Morgan fingerprint density at radius 2 is 2.23 bits per heavy atom. The van der Waals surface area contributed by atoms with E-state index in [0.29, 0.717) is 11.1 Å². The summed E-state index contributed by atoms with van der Waals surface area (Å²) in [7, 11) is 1.57. The number of rotatable bonds is 1. The molecule has 0 amide bonds. The third-order valence-corrected chi connectivity index (χ3v) is 1.95. The number of benzene rings is 2. The zero-order valence-corrected chi connectivity index (χ0v) is 7.17. The first-order valence-electron chi connectivity index (χ1n) is 3.95. The maximum absolute atomic E-state index is 13.2. The topological polar surface area (TPSA) is 9.23 Å². The molecule has 1 nitrogen and oxygen atoms in total. The first-order chi connectivity index (χ1) is 6.31. The fraction of sp³-hybridized carbons (Fsp3) is 0.0909. The van der Waals surface area contributed by atoms with E-state index in [9.17, 15) is 4.39 Å². The fourth-order valence-electron chi connectivity index (χ4n) is 1.28. The predicted octanol–water partition coefficient (Wildman–Crippen LogP) is 2.79. The van der Waals surface area contributed by atoms with Gasteiger partial charge in [0.1, 0.15) is 11.6 Å². The first-order valence-corrected chi connectivity index (χ1v) is 3.95. The monoisotopic (exact) mass is 175 g/mol. The van der Waals surface area contributed by atoms with E-state index in [0.717, 1.165) is 5.39 Å². The van der Waals surface area contributed by atoms with Crippen molar-refractivity contribution < 1.29 is 9.13 Å². The first kappa shape index (κ1) is 8.05. The van der Waals surface area contributed by atoms with E-state index in [1.54, 1.807) is 25.3 Å². The number of hydrogen-bond acceptors (Lipinski definition) is 1. The van der Waals surface area contributed by atoms with Gasteiger partial charge in [0, 0.05) is 11.5 Å². The van der Waals surface area contributed by atoms with Gasteiger partial charge in [0.25, 0.3) is 0 Å². The summed E-state index contributed by atoms with van der Waals surface area (Å²) in [4.78, 5) is 0. The molecule has 65 valence electrons. The van der Waals surface area contributed by atoms with Gasteiger partial charge in [-0.25, -0.2) is 4.39 Å². The Morgan fingerprint density at radius 1 is 1.38 bits per heavy atom. The molecule has 0 saturated carbocycles. The second kappa shape index (κ2) is 3.05. The lowest BCUT2D eigenvalue weighted by Crippen LogP contribution is -1.84. The molecule has 0 unspecified atom stereocenters. The van der Waals surface area contributed by atoms with Gasteiger partial charge in [0.05, 0.1) is 7.11 Å². The Labute approximate surface area is 75.8 Å². The van der Waals surface area contributed by atoms with E-state index in [1.165, 1.54) is 6.07 Å². The van der Waals surface area contributed by atoms with E-state index in [2.05, 4.69) is 6.07 Å². The summed E-state index contributed by atoms with van der Waals surface area (Å²) in [6, 6.07) is 11.2. The molecule has 0 spiro atoms. The molecule has 0 N–H and O–H groups in total. The second-order valence-corrected chi connectivity index (χ2v) is 2.74. The second-order valence-electron chi connectivity index (χ2n) is 2.74. The smallest absolute Gasteiger partial charge is 0.131 e. The normalized spacial score (nSPS) is 10.3. The summed E-state index contributed by atoms with van der Waals surface area (Å²) in [5, 5.41) is 1.40. The van der Waals surface area contributed by atoms with Gasteiger partial charge in [-0.05, 0) is 23.6 Å². The van der Waals surface area contributed by atoms with Crippen molar-refractivity contribution in [3.05, 3.63) is 42.2 Å². The summed E-state index contributed by atoms with van der Waals surface area (Å²) >= 11 is 0. The van der Waals surface area contributed by atoms with Gasteiger partial charge in [-0.3, -0.25) is 0 Å². The van der Waals surface area contributed by atoms with Gasteiger partial charge in [-0.1, -0.05) is 12.1 Å². The summed E-state index contributed by atoms with van der Waals surface area (Å²) in [5.41, 5.74) is 0. The van der Waals surface area contributed by atoms with Crippen molar-refractivity contribution in [2.45, 2.75) is 0 Å². The Bertz CT molecular complexity index is 437. The molecular formula is C11H8FO. The highest BCUT2D eigenvalue weighted by molar-refractivity contribution is 5.84.